The Bertz CT molecular complexity index is 1080. The molecule has 0 aliphatic carbocycles. The van der Waals surface area contributed by atoms with Crippen LogP contribution in [-0.4, -0.2) is 76.5 Å². The molecule has 0 radical (unpaired) electrons. The molecule has 2 fully saturated rings. The summed E-state index contributed by atoms with van der Waals surface area (Å²) in [4.78, 5) is 59.7. The average molecular weight is 483 g/mol. The minimum atomic E-state index is -0.415. The number of hydrogen-bond donors (Lipinski definition) is 1. The van der Waals surface area contributed by atoms with Gasteiger partial charge in [-0.3, -0.25) is 19.2 Å². The van der Waals surface area contributed by atoms with Gasteiger partial charge in [0.2, 0.25) is 5.91 Å². The van der Waals surface area contributed by atoms with Crippen molar-refractivity contribution < 1.29 is 23.9 Å². The summed E-state index contributed by atoms with van der Waals surface area (Å²) in [5, 5.41) is 0. The monoisotopic (exact) mass is 482 g/mol. The number of carbonyl (C=O) groups is 3. The van der Waals surface area contributed by atoms with Crippen molar-refractivity contribution in [2.24, 2.45) is 5.92 Å². The summed E-state index contributed by atoms with van der Waals surface area (Å²) in [5.41, 5.74) is 0.784. The third kappa shape index (κ3) is 5.76. The number of aromatic amines is 1. The number of piperidine rings is 1. The number of esters is 1. The van der Waals surface area contributed by atoms with Gasteiger partial charge in [0.15, 0.2) is 0 Å². The molecule has 2 aliphatic heterocycles. The Morgan fingerprint density at radius 3 is 2.74 bits per heavy atom. The fourth-order valence-electron chi connectivity index (χ4n) is 4.87. The maximum Gasteiger partial charge on any atom is 0.305 e. The Kier molecular flexibility index (Phi) is 7.91. The summed E-state index contributed by atoms with van der Waals surface area (Å²) in [5.74, 6) is -1.02. The van der Waals surface area contributed by atoms with Crippen molar-refractivity contribution in [1.29, 1.82) is 0 Å². The number of ether oxygens (including phenoxy) is 2. The van der Waals surface area contributed by atoms with Crippen molar-refractivity contribution in [3.63, 3.8) is 0 Å². The predicted molar refractivity (Wildman–Crippen MR) is 125 cm³/mol. The maximum atomic E-state index is 13.7. The van der Waals surface area contributed by atoms with Crippen LogP contribution in [0.4, 0.5) is 0 Å². The molecule has 0 saturated carbocycles. The number of carbonyl (C=O) groups excluding carboxylic acids is 3. The van der Waals surface area contributed by atoms with Crippen molar-refractivity contribution in [3.05, 3.63) is 64.3 Å². The number of likely N-dealkylation sites (tertiary alicyclic amines) is 1. The molecule has 2 amide bonds. The first kappa shape index (κ1) is 24.6. The smallest absolute Gasteiger partial charge is 0.305 e. The summed E-state index contributed by atoms with van der Waals surface area (Å²) in [6.07, 6.45) is 3.80. The number of amides is 2. The molecule has 35 heavy (non-hydrogen) atoms. The fourth-order valence-corrected chi connectivity index (χ4v) is 4.87. The van der Waals surface area contributed by atoms with Crippen LogP contribution in [0.15, 0.2) is 47.5 Å². The zero-order chi connectivity index (χ0) is 24.8. The van der Waals surface area contributed by atoms with Crippen molar-refractivity contribution in [2.75, 3.05) is 26.8 Å². The second-order valence-corrected chi connectivity index (χ2v) is 8.81. The van der Waals surface area contributed by atoms with Crippen LogP contribution in [0.25, 0.3) is 0 Å². The molecular formula is C25H30N4O6. The van der Waals surface area contributed by atoms with E-state index in [-0.39, 0.29) is 41.5 Å². The molecule has 0 unspecified atom stereocenters. The van der Waals surface area contributed by atoms with E-state index < -0.39 is 12.0 Å². The molecule has 0 spiro atoms. The Morgan fingerprint density at radius 2 is 2.03 bits per heavy atom. The highest BCUT2D eigenvalue weighted by Gasteiger charge is 2.48. The largest absolute Gasteiger partial charge is 0.469 e. The van der Waals surface area contributed by atoms with E-state index in [1.54, 1.807) is 9.80 Å². The molecule has 3 atom stereocenters. The lowest BCUT2D eigenvalue weighted by atomic mass is 9.86. The quantitative estimate of drug-likeness (QED) is 0.564. The number of methoxy groups -OCH3 is 1. The van der Waals surface area contributed by atoms with E-state index in [2.05, 4.69) is 9.97 Å². The molecule has 2 aromatic rings. The number of aromatic nitrogens is 2. The molecule has 10 heteroatoms. The number of nitrogens with one attached hydrogen (secondary N) is 1. The van der Waals surface area contributed by atoms with Gasteiger partial charge >= 0.3 is 5.97 Å². The summed E-state index contributed by atoms with van der Waals surface area (Å²) in [6, 6.07) is 9.47. The van der Waals surface area contributed by atoms with Crippen LogP contribution in [0.1, 0.15) is 41.7 Å². The lowest BCUT2D eigenvalue weighted by Gasteiger charge is -2.42. The topological polar surface area (TPSA) is 122 Å². The Labute approximate surface area is 203 Å². The highest BCUT2D eigenvalue weighted by Crippen LogP contribution is 2.34. The Morgan fingerprint density at radius 1 is 1.23 bits per heavy atom. The van der Waals surface area contributed by atoms with Gasteiger partial charge in [0, 0.05) is 38.9 Å². The lowest BCUT2D eigenvalue weighted by molar-refractivity contribution is -0.145. The number of hydrogen-bond acceptors (Lipinski definition) is 7. The third-order valence-electron chi connectivity index (χ3n) is 6.61. The van der Waals surface area contributed by atoms with Crippen LogP contribution in [-0.2, 0) is 25.6 Å². The summed E-state index contributed by atoms with van der Waals surface area (Å²) in [6.45, 7) is 1.70. The fraction of sp³-hybridized carbons (Fsp3) is 0.480. The third-order valence-corrected chi connectivity index (χ3v) is 6.61. The van der Waals surface area contributed by atoms with E-state index in [0.717, 1.165) is 11.8 Å². The number of benzene rings is 1. The van der Waals surface area contributed by atoms with E-state index in [9.17, 15) is 19.2 Å². The average Bonchev–Trinajstić information content (AvgIpc) is 3.38. The van der Waals surface area contributed by atoms with Crippen LogP contribution in [0, 0.1) is 5.92 Å². The van der Waals surface area contributed by atoms with Crippen molar-refractivity contribution in [1.82, 2.24) is 19.8 Å². The van der Waals surface area contributed by atoms with Gasteiger partial charge in [-0.1, -0.05) is 30.3 Å². The van der Waals surface area contributed by atoms with Crippen LogP contribution >= 0.6 is 0 Å². The molecule has 10 nitrogen and oxygen atoms in total. The van der Waals surface area contributed by atoms with E-state index in [1.807, 2.05) is 30.3 Å². The number of fused-ring (bicyclic) bond motifs is 1. The SMILES string of the molecule is COC(=O)CCCN(Cc1ccccc1)C(=O)[C@@H]1CCN(C(=O)c2c[nH]c(=O)cn2)[C@@H]2CCO[C@@H]21. The van der Waals surface area contributed by atoms with Gasteiger partial charge in [-0.2, -0.15) is 0 Å². The van der Waals surface area contributed by atoms with Crippen LogP contribution in [0.3, 0.4) is 0 Å². The van der Waals surface area contributed by atoms with E-state index in [0.29, 0.717) is 45.5 Å². The van der Waals surface area contributed by atoms with Crippen LogP contribution in [0.2, 0.25) is 0 Å². The molecule has 1 aromatic carbocycles. The number of rotatable bonds is 8. The minimum Gasteiger partial charge on any atom is -0.469 e. The molecular weight excluding hydrogens is 452 g/mol. The summed E-state index contributed by atoms with van der Waals surface area (Å²) in [7, 11) is 1.35. The summed E-state index contributed by atoms with van der Waals surface area (Å²) >= 11 is 0. The molecule has 0 bridgehead atoms. The molecule has 1 aromatic heterocycles. The molecule has 4 rings (SSSR count). The van der Waals surface area contributed by atoms with E-state index >= 15 is 0 Å². The van der Waals surface area contributed by atoms with Gasteiger partial charge < -0.3 is 24.3 Å². The Balaban J connectivity index is 1.49. The summed E-state index contributed by atoms with van der Waals surface area (Å²) < 4.78 is 10.7. The van der Waals surface area contributed by atoms with Gasteiger partial charge in [0.1, 0.15) is 5.69 Å². The zero-order valence-electron chi connectivity index (χ0n) is 19.7. The van der Waals surface area contributed by atoms with Crippen molar-refractivity contribution in [3.8, 4) is 0 Å². The van der Waals surface area contributed by atoms with E-state index in [4.69, 9.17) is 9.47 Å². The Hall–Kier alpha value is -3.53. The highest BCUT2D eigenvalue weighted by molar-refractivity contribution is 5.92. The van der Waals surface area contributed by atoms with Gasteiger partial charge in [-0.05, 0) is 24.8 Å². The first-order valence-electron chi connectivity index (χ1n) is 11.8. The first-order chi connectivity index (χ1) is 17.0. The first-order valence-corrected chi connectivity index (χ1v) is 11.8. The standard InChI is InChI=1S/C25H30N4O6/c1-34-22(31)8-5-11-28(16-17-6-3-2-4-7-17)24(32)18-9-12-29(20-10-13-35-23(18)20)25(33)19-14-27-21(30)15-26-19/h2-4,6-7,14-15,18,20,23H,5,8-13,16H2,1H3,(H,27,30)/t18-,20-,23-/m1/s1. The molecule has 1 N–H and O–H groups in total. The lowest BCUT2D eigenvalue weighted by Crippen LogP contribution is -2.56. The molecule has 186 valence electrons. The van der Waals surface area contributed by atoms with Crippen molar-refractivity contribution >= 4 is 17.8 Å². The van der Waals surface area contributed by atoms with E-state index in [1.165, 1.54) is 13.3 Å². The van der Waals surface area contributed by atoms with Crippen LogP contribution in [0.5, 0.6) is 0 Å². The van der Waals surface area contributed by atoms with Crippen molar-refractivity contribution in [2.45, 2.75) is 44.4 Å². The zero-order valence-corrected chi connectivity index (χ0v) is 19.7. The second-order valence-electron chi connectivity index (χ2n) is 8.81. The highest BCUT2D eigenvalue weighted by atomic mass is 16.5. The second kappa shape index (κ2) is 11.3. The van der Waals surface area contributed by atoms with Crippen LogP contribution < -0.4 is 5.56 Å². The number of nitrogens with zero attached hydrogens (tertiary/aromatic N) is 3. The van der Waals surface area contributed by atoms with Gasteiger partial charge in [0.05, 0.1) is 31.4 Å². The molecule has 3 heterocycles. The normalized spacial score (nSPS) is 21.3. The van der Waals surface area contributed by atoms with Gasteiger partial charge in [-0.15, -0.1) is 0 Å². The molecule has 2 aliphatic rings. The minimum absolute atomic E-state index is 0.0371. The van der Waals surface area contributed by atoms with Gasteiger partial charge in [0.25, 0.3) is 11.5 Å². The number of H-pyrrole nitrogens is 1. The van der Waals surface area contributed by atoms with Gasteiger partial charge in [-0.25, -0.2) is 4.98 Å². The maximum absolute atomic E-state index is 13.7. The predicted octanol–water partition coefficient (Wildman–Crippen LogP) is 1.37. The molecule has 2 saturated heterocycles.